The lowest BCUT2D eigenvalue weighted by Crippen LogP contribution is -2.55. The Morgan fingerprint density at radius 2 is 1.89 bits per heavy atom. The van der Waals surface area contributed by atoms with E-state index in [1.54, 1.807) is 14.2 Å². The number of piperazine rings is 1. The van der Waals surface area contributed by atoms with Crippen molar-refractivity contribution in [3.05, 3.63) is 23.8 Å². The molecule has 27 heavy (non-hydrogen) atoms. The predicted molar refractivity (Wildman–Crippen MR) is 103 cm³/mol. The van der Waals surface area contributed by atoms with Gasteiger partial charge in [-0.1, -0.05) is 0 Å². The maximum Gasteiger partial charge on any atom is 0.239 e. The Labute approximate surface area is 161 Å². The largest absolute Gasteiger partial charge is 0.497 e. The fraction of sp³-hybridized carbons (Fsp3) is 0.650. The Morgan fingerprint density at radius 3 is 2.52 bits per heavy atom. The molecular weight excluding hydrogens is 346 g/mol. The monoisotopic (exact) mass is 377 g/mol. The van der Waals surface area contributed by atoms with Crippen LogP contribution in [-0.4, -0.2) is 75.4 Å². The lowest BCUT2D eigenvalue weighted by atomic mass is 9.91. The van der Waals surface area contributed by atoms with E-state index in [2.05, 4.69) is 4.90 Å². The predicted octanol–water partition coefficient (Wildman–Crippen LogP) is 1.10. The molecule has 2 heterocycles. The highest BCUT2D eigenvalue weighted by atomic mass is 16.5. The van der Waals surface area contributed by atoms with Gasteiger partial charge < -0.3 is 24.8 Å². The zero-order valence-corrected chi connectivity index (χ0v) is 16.4. The molecule has 7 nitrogen and oxygen atoms in total. The third-order valence-corrected chi connectivity index (χ3v) is 5.62. The molecule has 0 radical (unpaired) electrons. The van der Waals surface area contributed by atoms with Gasteiger partial charge in [0.15, 0.2) is 0 Å². The third kappa shape index (κ3) is 4.91. The quantitative estimate of drug-likeness (QED) is 0.800. The zero-order chi connectivity index (χ0) is 19.2. The van der Waals surface area contributed by atoms with Gasteiger partial charge >= 0.3 is 0 Å². The molecule has 1 aromatic rings. The second-order valence-electron chi connectivity index (χ2n) is 7.25. The molecule has 2 aliphatic heterocycles. The van der Waals surface area contributed by atoms with Crippen molar-refractivity contribution in [3.8, 4) is 11.5 Å². The van der Waals surface area contributed by atoms with Crippen molar-refractivity contribution in [2.24, 2.45) is 11.7 Å². The molecule has 1 amide bonds. The molecular formula is C20H31N3O4. The van der Waals surface area contributed by atoms with Gasteiger partial charge in [-0.2, -0.15) is 0 Å². The summed E-state index contributed by atoms with van der Waals surface area (Å²) < 4.78 is 16.2. The Balaban J connectivity index is 1.53. The SMILES string of the molecule is COc1ccc(OC)c(CN2CCN(C(=O)C(N)C3CCOCC3)CC2)c1. The van der Waals surface area contributed by atoms with Crippen LogP contribution in [0.3, 0.4) is 0 Å². The smallest absolute Gasteiger partial charge is 0.239 e. The summed E-state index contributed by atoms with van der Waals surface area (Å²) in [6, 6.07) is 5.44. The molecule has 1 unspecified atom stereocenters. The molecule has 2 N–H and O–H groups in total. The first-order valence-electron chi connectivity index (χ1n) is 9.67. The Morgan fingerprint density at radius 1 is 1.19 bits per heavy atom. The molecule has 7 heteroatoms. The van der Waals surface area contributed by atoms with Gasteiger partial charge in [-0.25, -0.2) is 0 Å². The van der Waals surface area contributed by atoms with Crippen LogP contribution in [-0.2, 0) is 16.1 Å². The van der Waals surface area contributed by atoms with Gasteiger partial charge in [0, 0.05) is 51.5 Å². The number of methoxy groups -OCH3 is 2. The van der Waals surface area contributed by atoms with Gasteiger partial charge in [-0.3, -0.25) is 9.69 Å². The summed E-state index contributed by atoms with van der Waals surface area (Å²) in [4.78, 5) is 17.0. The van der Waals surface area contributed by atoms with E-state index < -0.39 is 6.04 Å². The van der Waals surface area contributed by atoms with Crippen molar-refractivity contribution < 1.29 is 19.0 Å². The molecule has 1 aromatic carbocycles. The van der Waals surface area contributed by atoms with Gasteiger partial charge in [-0.05, 0) is 37.0 Å². The zero-order valence-electron chi connectivity index (χ0n) is 16.4. The first-order valence-corrected chi connectivity index (χ1v) is 9.67. The lowest BCUT2D eigenvalue weighted by Gasteiger charge is -2.37. The van der Waals surface area contributed by atoms with E-state index in [1.165, 1.54) is 0 Å². The van der Waals surface area contributed by atoms with Crippen LogP contribution in [0.25, 0.3) is 0 Å². The number of nitrogens with zero attached hydrogens (tertiary/aromatic N) is 2. The van der Waals surface area contributed by atoms with E-state index in [0.717, 1.165) is 49.5 Å². The van der Waals surface area contributed by atoms with Gasteiger partial charge in [-0.15, -0.1) is 0 Å². The van der Waals surface area contributed by atoms with E-state index in [9.17, 15) is 4.79 Å². The van der Waals surface area contributed by atoms with E-state index in [4.69, 9.17) is 19.9 Å². The fourth-order valence-corrected chi connectivity index (χ4v) is 3.86. The topological polar surface area (TPSA) is 77.3 Å². The number of carbonyl (C=O) groups is 1. The molecule has 150 valence electrons. The summed E-state index contributed by atoms with van der Waals surface area (Å²) in [5.41, 5.74) is 7.35. The highest BCUT2D eigenvalue weighted by Gasteiger charge is 2.31. The fourth-order valence-electron chi connectivity index (χ4n) is 3.86. The Kier molecular flexibility index (Phi) is 6.93. The average molecular weight is 377 g/mol. The van der Waals surface area contributed by atoms with Gasteiger partial charge in [0.1, 0.15) is 11.5 Å². The first kappa shape index (κ1) is 19.9. The Hall–Kier alpha value is -1.83. The summed E-state index contributed by atoms with van der Waals surface area (Å²) in [5, 5.41) is 0. The van der Waals surface area contributed by atoms with Crippen molar-refractivity contribution >= 4 is 5.91 Å². The number of benzene rings is 1. The number of rotatable bonds is 6. The molecule has 2 saturated heterocycles. The molecule has 0 aromatic heterocycles. The second kappa shape index (κ2) is 9.39. The number of hydrogen-bond acceptors (Lipinski definition) is 6. The van der Waals surface area contributed by atoms with Crippen LogP contribution in [0.2, 0.25) is 0 Å². The van der Waals surface area contributed by atoms with Crippen molar-refractivity contribution in [2.75, 3.05) is 53.6 Å². The number of nitrogens with two attached hydrogens (primary N) is 1. The normalized spacial score (nSPS) is 20.3. The average Bonchev–Trinajstić information content (AvgIpc) is 2.73. The summed E-state index contributed by atoms with van der Waals surface area (Å²) in [7, 11) is 3.34. The molecule has 1 atom stereocenters. The number of hydrogen-bond donors (Lipinski definition) is 1. The second-order valence-corrected chi connectivity index (χ2v) is 7.25. The molecule has 0 spiro atoms. The summed E-state index contributed by atoms with van der Waals surface area (Å²) in [5.74, 6) is 2.00. The maximum absolute atomic E-state index is 12.8. The van der Waals surface area contributed by atoms with Crippen LogP contribution in [0.1, 0.15) is 18.4 Å². The molecule has 2 fully saturated rings. The van der Waals surface area contributed by atoms with Gasteiger partial charge in [0.05, 0.1) is 20.3 Å². The molecule has 0 bridgehead atoms. The Bertz CT molecular complexity index is 626. The van der Waals surface area contributed by atoms with Crippen LogP contribution in [0, 0.1) is 5.92 Å². The molecule has 3 rings (SSSR count). The number of carbonyl (C=O) groups excluding carboxylic acids is 1. The summed E-state index contributed by atoms with van der Waals surface area (Å²) in [6.07, 6.45) is 1.75. The minimum atomic E-state index is -0.404. The van der Waals surface area contributed by atoms with Crippen molar-refractivity contribution in [2.45, 2.75) is 25.4 Å². The van der Waals surface area contributed by atoms with E-state index in [0.29, 0.717) is 26.3 Å². The molecule has 2 aliphatic rings. The third-order valence-electron chi connectivity index (χ3n) is 5.62. The number of amides is 1. The minimum absolute atomic E-state index is 0.0838. The van der Waals surface area contributed by atoms with E-state index >= 15 is 0 Å². The first-order chi connectivity index (χ1) is 13.1. The van der Waals surface area contributed by atoms with Crippen LogP contribution < -0.4 is 15.2 Å². The maximum atomic E-state index is 12.8. The van der Waals surface area contributed by atoms with Crippen LogP contribution >= 0.6 is 0 Å². The lowest BCUT2D eigenvalue weighted by molar-refractivity contribution is -0.136. The van der Waals surface area contributed by atoms with E-state index in [1.807, 2.05) is 23.1 Å². The standard InChI is InChI=1S/C20H31N3O4/c1-25-17-3-4-18(26-2)16(13-17)14-22-7-9-23(10-8-22)20(24)19(21)15-5-11-27-12-6-15/h3-4,13,15,19H,5-12,14,21H2,1-2H3. The van der Waals surface area contributed by atoms with Crippen LogP contribution in [0.4, 0.5) is 0 Å². The van der Waals surface area contributed by atoms with Gasteiger partial charge in [0.25, 0.3) is 0 Å². The highest BCUT2D eigenvalue weighted by molar-refractivity contribution is 5.82. The van der Waals surface area contributed by atoms with Crippen molar-refractivity contribution in [3.63, 3.8) is 0 Å². The molecule has 0 aliphatic carbocycles. The summed E-state index contributed by atoms with van der Waals surface area (Å²) >= 11 is 0. The van der Waals surface area contributed by atoms with Crippen molar-refractivity contribution in [1.29, 1.82) is 0 Å². The van der Waals surface area contributed by atoms with Gasteiger partial charge in [0.2, 0.25) is 5.91 Å². The van der Waals surface area contributed by atoms with Crippen molar-refractivity contribution in [1.82, 2.24) is 9.80 Å². The summed E-state index contributed by atoms with van der Waals surface area (Å²) in [6.45, 7) is 5.27. The minimum Gasteiger partial charge on any atom is -0.497 e. The van der Waals surface area contributed by atoms with Crippen LogP contribution in [0.15, 0.2) is 18.2 Å². The van der Waals surface area contributed by atoms with Crippen LogP contribution in [0.5, 0.6) is 11.5 Å². The van der Waals surface area contributed by atoms with E-state index in [-0.39, 0.29) is 11.8 Å². The molecule has 0 saturated carbocycles. The number of ether oxygens (including phenoxy) is 3. The highest BCUT2D eigenvalue weighted by Crippen LogP contribution is 2.26.